The van der Waals surface area contributed by atoms with Gasteiger partial charge < -0.3 is 4.74 Å². The Balaban J connectivity index is 2.14. The number of anilines is 2. The van der Waals surface area contributed by atoms with E-state index in [0.717, 1.165) is 0 Å². The standard InChI is InChI=1S/C17H18N6O4S/c1-4-27-16(24)15(10-18)22-21-13-5-7-14(8-6-13)28(25,26)23-17-19-11(2)9-12(3)20-17/h5-9,21H,4H2,1-3H3,(H,19,20,23). The highest BCUT2D eigenvalue weighted by molar-refractivity contribution is 7.92. The van der Waals surface area contributed by atoms with E-state index in [1.54, 1.807) is 32.9 Å². The summed E-state index contributed by atoms with van der Waals surface area (Å²) in [5.41, 5.74) is 3.70. The number of hydrazone groups is 1. The van der Waals surface area contributed by atoms with Crippen molar-refractivity contribution in [1.82, 2.24) is 9.97 Å². The van der Waals surface area contributed by atoms with Crippen LogP contribution in [0.25, 0.3) is 0 Å². The molecule has 0 spiro atoms. The van der Waals surface area contributed by atoms with Crippen LogP contribution in [0.15, 0.2) is 40.3 Å². The number of hydrogen-bond acceptors (Lipinski definition) is 9. The molecular formula is C17H18N6O4S. The number of benzene rings is 1. The van der Waals surface area contributed by atoms with Crippen LogP contribution in [-0.2, 0) is 19.6 Å². The maximum Gasteiger partial charge on any atom is 0.369 e. The Morgan fingerprint density at radius 1 is 1.21 bits per heavy atom. The molecule has 1 aromatic heterocycles. The molecule has 2 N–H and O–H groups in total. The largest absolute Gasteiger partial charge is 0.461 e. The predicted octanol–water partition coefficient (Wildman–Crippen LogP) is 1.75. The molecule has 2 aromatic rings. The summed E-state index contributed by atoms with van der Waals surface area (Å²) in [5.74, 6) is -0.869. The second kappa shape index (κ2) is 8.92. The van der Waals surface area contributed by atoms with Crippen LogP contribution >= 0.6 is 0 Å². The van der Waals surface area contributed by atoms with Crippen molar-refractivity contribution in [2.24, 2.45) is 5.10 Å². The van der Waals surface area contributed by atoms with Gasteiger partial charge in [0.1, 0.15) is 6.07 Å². The zero-order valence-electron chi connectivity index (χ0n) is 15.4. The number of nitrogens with one attached hydrogen (secondary N) is 2. The highest BCUT2D eigenvalue weighted by atomic mass is 32.2. The third-order valence-corrected chi connectivity index (χ3v) is 4.59. The number of carbonyl (C=O) groups is 1. The van der Waals surface area contributed by atoms with Gasteiger partial charge in [0, 0.05) is 11.4 Å². The SMILES string of the molecule is CCOC(=O)C(C#N)=NNc1ccc(S(=O)(=O)Nc2nc(C)cc(C)n2)cc1. The third-order valence-electron chi connectivity index (χ3n) is 3.24. The Morgan fingerprint density at radius 2 is 1.82 bits per heavy atom. The van der Waals surface area contributed by atoms with Gasteiger partial charge in [0.05, 0.1) is 17.2 Å². The van der Waals surface area contributed by atoms with Crippen LogP contribution in [-0.4, -0.2) is 36.7 Å². The molecule has 2 rings (SSSR count). The van der Waals surface area contributed by atoms with Gasteiger partial charge >= 0.3 is 5.97 Å². The van der Waals surface area contributed by atoms with E-state index in [2.05, 4.69) is 30.0 Å². The molecule has 1 heterocycles. The number of rotatable bonds is 7. The number of ether oxygens (including phenoxy) is 1. The van der Waals surface area contributed by atoms with Crippen LogP contribution in [0.3, 0.4) is 0 Å². The number of carbonyl (C=O) groups excluding carboxylic acids is 1. The van der Waals surface area contributed by atoms with Crippen molar-refractivity contribution in [3.63, 3.8) is 0 Å². The molecule has 0 aliphatic rings. The van der Waals surface area contributed by atoms with Crippen molar-refractivity contribution in [3.8, 4) is 6.07 Å². The lowest BCUT2D eigenvalue weighted by Gasteiger charge is -2.08. The molecule has 0 unspecified atom stereocenters. The molecule has 146 valence electrons. The first kappa shape index (κ1) is 20.8. The molecule has 1 aromatic carbocycles. The number of hydrogen-bond donors (Lipinski definition) is 2. The summed E-state index contributed by atoms with van der Waals surface area (Å²) < 4.78 is 31.9. The van der Waals surface area contributed by atoms with Gasteiger partial charge in [0.15, 0.2) is 0 Å². The average Bonchev–Trinajstić information content (AvgIpc) is 2.61. The fourth-order valence-corrected chi connectivity index (χ4v) is 3.04. The summed E-state index contributed by atoms with van der Waals surface area (Å²) in [4.78, 5) is 19.6. The number of aromatic nitrogens is 2. The van der Waals surface area contributed by atoms with E-state index in [1.807, 2.05) is 0 Å². The van der Waals surface area contributed by atoms with Gasteiger partial charge in [-0.05, 0) is 51.1 Å². The lowest BCUT2D eigenvalue weighted by atomic mass is 10.3. The quantitative estimate of drug-likeness (QED) is 0.404. The first-order valence-electron chi connectivity index (χ1n) is 8.11. The molecule has 11 heteroatoms. The average molecular weight is 402 g/mol. The molecule has 0 aliphatic carbocycles. The first-order valence-corrected chi connectivity index (χ1v) is 9.59. The molecule has 28 heavy (non-hydrogen) atoms. The van der Waals surface area contributed by atoms with Crippen LogP contribution < -0.4 is 10.1 Å². The minimum Gasteiger partial charge on any atom is -0.461 e. The van der Waals surface area contributed by atoms with Crippen LogP contribution in [0.2, 0.25) is 0 Å². The van der Waals surface area contributed by atoms with E-state index < -0.39 is 21.7 Å². The number of aryl methyl sites for hydroxylation is 2. The van der Waals surface area contributed by atoms with Crippen LogP contribution in [0.4, 0.5) is 11.6 Å². The number of nitrogens with zero attached hydrogens (tertiary/aromatic N) is 4. The zero-order valence-corrected chi connectivity index (χ0v) is 16.2. The summed E-state index contributed by atoms with van der Waals surface area (Å²) in [5, 5.41) is 12.6. The fraction of sp³-hybridized carbons (Fsp3) is 0.235. The van der Waals surface area contributed by atoms with E-state index in [9.17, 15) is 13.2 Å². The van der Waals surface area contributed by atoms with Crippen molar-refractivity contribution in [3.05, 3.63) is 41.7 Å². The molecule has 0 aliphatic heterocycles. The second-order valence-electron chi connectivity index (χ2n) is 5.51. The summed E-state index contributed by atoms with van der Waals surface area (Å²) in [6, 6.07) is 8.88. The topological polar surface area (TPSA) is 146 Å². The highest BCUT2D eigenvalue weighted by Crippen LogP contribution is 2.17. The van der Waals surface area contributed by atoms with Gasteiger partial charge in [-0.25, -0.2) is 27.9 Å². The minimum absolute atomic E-state index is 0.0163. The fourth-order valence-electron chi connectivity index (χ4n) is 2.10. The predicted molar refractivity (Wildman–Crippen MR) is 102 cm³/mol. The Morgan fingerprint density at radius 3 is 2.36 bits per heavy atom. The van der Waals surface area contributed by atoms with Gasteiger partial charge in [-0.3, -0.25) is 5.43 Å². The van der Waals surface area contributed by atoms with Gasteiger partial charge in [0.25, 0.3) is 10.0 Å². The zero-order chi connectivity index (χ0) is 20.7. The van der Waals surface area contributed by atoms with E-state index in [0.29, 0.717) is 17.1 Å². The van der Waals surface area contributed by atoms with E-state index in [4.69, 9.17) is 5.26 Å². The number of sulfonamides is 1. The summed E-state index contributed by atoms with van der Waals surface area (Å²) in [6.45, 7) is 5.19. The van der Waals surface area contributed by atoms with Crippen LogP contribution in [0, 0.1) is 25.2 Å². The van der Waals surface area contributed by atoms with Crippen molar-refractivity contribution in [2.75, 3.05) is 16.8 Å². The van der Waals surface area contributed by atoms with Crippen molar-refractivity contribution < 1.29 is 17.9 Å². The maximum atomic E-state index is 12.5. The minimum atomic E-state index is -3.89. The van der Waals surface area contributed by atoms with Gasteiger partial charge in [-0.15, -0.1) is 0 Å². The molecule has 10 nitrogen and oxygen atoms in total. The lowest BCUT2D eigenvalue weighted by molar-refractivity contribution is -0.134. The van der Waals surface area contributed by atoms with Crippen molar-refractivity contribution in [2.45, 2.75) is 25.7 Å². The number of nitriles is 1. The van der Waals surface area contributed by atoms with Crippen LogP contribution in [0.1, 0.15) is 18.3 Å². The van der Waals surface area contributed by atoms with E-state index in [1.165, 1.54) is 24.3 Å². The highest BCUT2D eigenvalue weighted by Gasteiger charge is 2.16. The van der Waals surface area contributed by atoms with Crippen molar-refractivity contribution in [1.29, 1.82) is 5.26 Å². The molecule has 0 amide bonds. The molecule has 0 bridgehead atoms. The summed E-state index contributed by atoms with van der Waals surface area (Å²) in [6.07, 6.45) is 0. The molecule has 0 atom stereocenters. The van der Waals surface area contributed by atoms with Gasteiger partial charge in [0.2, 0.25) is 11.7 Å². The van der Waals surface area contributed by atoms with Gasteiger partial charge in [-0.2, -0.15) is 10.4 Å². The molecule has 0 saturated carbocycles. The molecule has 0 saturated heterocycles. The summed E-state index contributed by atoms with van der Waals surface area (Å²) >= 11 is 0. The smallest absolute Gasteiger partial charge is 0.369 e. The summed E-state index contributed by atoms with van der Waals surface area (Å²) in [7, 11) is -3.89. The number of esters is 1. The lowest BCUT2D eigenvalue weighted by Crippen LogP contribution is -2.17. The molecular weight excluding hydrogens is 384 g/mol. The van der Waals surface area contributed by atoms with Gasteiger partial charge in [-0.1, -0.05) is 0 Å². The Labute approximate surface area is 162 Å². The molecule has 0 radical (unpaired) electrons. The Kier molecular flexibility index (Phi) is 6.62. The Bertz CT molecular complexity index is 1020. The second-order valence-corrected chi connectivity index (χ2v) is 7.19. The Hall–Kier alpha value is -3.52. The third kappa shape index (κ3) is 5.49. The maximum absolute atomic E-state index is 12.5. The van der Waals surface area contributed by atoms with E-state index in [-0.39, 0.29) is 17.5 Å². The normalized spacial score (nSPS) is 11.4. The monoisotopic (exact) mass is 402 g/mol. The van der Waals surface area contributed by atoms with Crippen molar-refractivity contribution >= 4 is 33.3 Å². The van der Waals surface area contributed by atoms with Crippen LogP contribution in [0.5, 0.6) is 0 Å². The van der Waals surface area contributed by atoms with E-state index >= 15 is 0 Å². The molecule has 0 fully saturated rings. The first-order chi connectivity index (χ1) is 13.2.